The first-order chi connectivity index (χ1) is 11.2. The van der Waals surface area contributed by atoms with Crippen LogP contribution in [0.2, 0.25) is 0 Å². The fraction of sp³-hybridized carbons (Fsp3) is 0.842. The van der Waals surface area contributed by atoms with E-state index in [1.54, 1.807) is 0 Å². The summed E-state index contributed by atoms with van der Waals surface area (Å²) >= 11 is 0. The van der Waals surface area contributed by atoms with Crippen LogP contribution in [0.1, 0.15) is 61.3 Å². The Bertz CT molecular complexity index is 516. The third-order valence-electron chi connectivity index (χ3n) is 4.45. The number of likely N-dealkylation sites (tertiary alicyclic amines) is 1. The lowest BCUT2D eigenvalue weighted by molar-refractivity contribution is -0.136. The van der Waals surface area contributed by atoms with Gasteiger partial charge < -0.3 is 15.3 Å². The number of nitrogens with one attached hydrogen (secondary N) is 1. The van der Waals surface area contributed by atoms with E-state index < -0.39 is 23.6 Å². The Morgan fingerprint density at radius 3 is 2.16 bits per heavy atom. The second-order valence-corrected chi connectivity index (χ2v) is 9.36. The zero-order chi connectivity index (χ0) is 19.6. The molecule has 0 bridgehead atoms. The molecule has 1 heterocycles. The van der Waals surface area contributed by atoms with Gasteiger partial charge in [-0.05, 0) is 11.8 Å². The van der Waals surface area contributed by atoms with Gasteiger partial charge in [0.05, 0.1) is 24.7 Å². The highest BCUT2D eigenvalue weighted by molar-refractivity contribution is 5.92. The average molecular weight is 354 g/mol. The van der Waals surface area contributed by atoms with Crippen molar-refractivity contribution in [3.8, 4) is 0 Å². The minimum Gasteiger partial charge on any atom is -0.391 e. The Labute approximate surface area is 151 Å². The third kappa shape index (κ3) is 6.51. The maximum atomic E-state index is 12.7. The summed E-state index contributed by atoms with van der Waals surface area (Å²) in [7, 11) is 0. The summed E-state index contributed by atoms with van der Waals surface area (Å²) in [5.74, 6) is -0.301. The number of carbonyl (C=O) groups is 3. The smallest absolute Gasteiger partial charge is 0.220 e. The lowest BCUT2D eigenvalue weighted by Gasteiger charge is -2.31. The molecule has 0 aromatic rings. The summed E-state index contributed by atoms with van der Waals surface area (Å²) in [6, 6.07) is -1.03. The van der Waals surface area contributed by atoms with Crippen LogP contribution >= 0.6 is 0 Å². The average Bonchev–Trinajstić information content (AvgIpc) is 2.82. The highest BCUT2D eigenvalue weighted by Crippen LogP contribution is 2.26. The Morgan fingerprint density at radius 2 is 1.72 bits per heavy atom. The molecule has 1 aliphatic heterocycles. The Hall–Kier alpha value is -1.27. The number of amides is 1. The van der Waals surface area contributed by atoms with Crippen LogP contribution in [0.5, 0.6) is 0 Å². The first-order valence-corrected chi connectivity index (χ1v) is 8.98. The van der Waals surface area contributed by atoms with E-state index >= 15 is 0 Å². The van der Waals surface area contributed by atoms with Crippen molar-refractivity contribution in [2.45, 2.75) is 79.5 Å². The van der Waals surface area contributed by atoms with Gasteiger partial charge in [0.25, 0.3) is 0 Å². The van der Waals surface area contributed by atoms with Gasteiger partial charge in [-0.2, -0.15) is 0 Å². The SMILES string of the molecule is CC(=O)N1C[C@H](O)C[C@H]1C(=O)CNC(CC(C)(C)C)C(=O)C(C)(C)C. The molecular formula is C19H34N2O4. The summed E-state index contributed by atoms with van der Waals surface area (Å²) in [6.07, 6.45) is 0.219. The summed E-state index contributed by atoms with van der Waals surface area (Å²) in [4.78, 5) is 38.4. The minimum atomic E-state index is -0.667. The van der Waals surface area contributed by atoms with Crippen molar-refractivity contribution in [2.24, 2.45) is 10.8 Å². The number of nitrogens with zero attached hydrogens (tertiary/aromatic N) is 1. The molecule has 0 radical (unpaired) electrons. The molecule has 1 aliphatic rings. The number of aliphatic hydroxyl groups is 1. The molecule has 1 saturated heterocycles. The molecule has 6 nitrogen and oxygen atoms in total. The van der Waals surface area contributed by atoms with Crippen molar-refractivity contribution in [2.75, 3.05) is 13.1 Å². The Balaban J connectivity index is 2.80. The van der Waals surface area contributed by atoms with Crippen LogP contribution in [0.4, 0.5) is 0 Å². The highest BCUT2D eigenvalue weighted by atomic mass is 16.3. The zero-order valence-corrected chi connectivity index (χ0v) is 16.7. The van der Waals surface area contributed by atoms with Crippen LogP contribution in [-0.4, -0.2) is 58.8 Å². The third-order valence-corrected chi connectivity index (χ3v) is 4.45. The molecular weight excluding hydrogens is 320 g/mol. The van der Waals surface area contributed by atoms with Crippen LogP contribution < -0.4 is 5.32 Å². The maximum Gasteiger partial charge on any atom is 0.220 e. The molecule has 1 rings (SSSR count). The first-order valence-electron chi connectivity index (χ1n) is 8.98. The molecule has 144 valence electrons. The molecule has 1 amide bonds. The number of ketones is 2. The summed E-state index contributed by atoms with van der Waals surface area (Å²) < 4.78 is 0. The van der Waals surface area contributed by atoms with Gasteiger partial charge in [-0.3, -0.25) is 14.4 Å². The van der Waals surface area contributed by atoms with E-state index in [4.69, 9.17) is 0 Å². The van der Waals surface area contributed by atoms with E-state index in [-0.39, 0.29) is 42.4 Å². The molecule has 2 N–H and O–H groups in total. The zero-order valence-electron chi connectivity index (χ0n) is 16.7. The van der Waals surface area contributed by atoms with Crippen molar-refractivity contribution in [3.05, 3.63) is 0 Å². The van der Waals surface area contributed by atoms with Crippen molar-refractivity contribution < 1.29 is 19.5 Å². The number of carbonyl (C=O) groups excluding carboxylic acids is 3. The maximum absolute atomic E-state index is 12.7. The van der Waals surface area contributed by atoms with E-state index in [0.717, 1.165) is 0 Å². The van der Waals surface area contributed by atoms with Gasteiger partial charge in [0.2, 0.25) is 5.91 Å². The molecule has 1 unspecified atom stereocenters. The van der Waals surface area contributed by atoms with Gasteiger partial charge in [0, 0.05) is 25.3 Å². The number of hydrogen-bond acceptors (Lipinski definition) is 5. The van der Waals surface area contributed by atoms with Crippen molar-refractivity contribution in [3.63, 3.8) is 0 Å². The van der Waals surface area contributed by atoms with Crippen LogP contribution in [0.3, 0.4) is 0 Å². The lowest BCUT2D eigenvalue weighted by Crippen LogP contribution is -2.49. The molecule has 25 heavy (non-hydrogen) atoms. The molecule has 1 fully saturated rings. The predicted octanol–water partition coefficient (Wildman–Crippen LogP) is 1.55. The van der Waals surface area contributed by atoms with Crippen molar-refractivity contribution in [1.82, 2.24) is 10.2 Å². The number of rotatable bonds is 6. The largest absolute Gasteiger partial charge is 0.391 e. The Morgan fingerprint density at radius 1 is 1.16 bits per heavy atom. The van der Waals surface area contributed by atoms with Gasteiger partial charge in [-0.15, -0.1) is 0 Å². The number of β-amino-alcohol motifs (C(OH)–C–C–N with tert-alkyl or cyclic N) is 1. The van der Waals surface area contributed by atoms with Gasteiger partial charge in [0.15, 0.2) is 11.6 Å². The van der Waals surface area contributed by atoms with Crippen molar-refractivity contribution >= 4 is 17.5 Å². The molecule has 0 spiro atoms. The molecule has 0 aromatic carbocycles. The number of hydrogen-bond donors (Lipinski definition) is 2. The lowest BCUT2D eigenvalue weighted by atomic mass is 9.79. The van der Waals surface area contributed by atoms with Crippen molar-refractivity contribution in [1.29, 1.82) is 0 Å². The molecule has 6 heteroatoms. The first kappa shape index (κ1) is 21.8. The van der Waals surface area contributed by atoms with E-state index in [1.165, 1.54) is 11.8 Å². The monoisotopic (exact) mass is 354 g/mol. The fourth-order valence-electron chi connectivity index (χ4n) is 3.20. The second-order valence-electron chi connectivity index (χ2n) is 9.36. The van der Waals surface area contributed by atoms with Gasteiger partial charge >= 0.3 is 0 Å². The quantitative estimate of drug-likeness (QED) is 0.756. The summed E-state index contributed by atoms with van der Waals surface area (Å²) in [6.45, 7) is 13.4. The second kappa shape index (κ2) is 7.96. The molecule has 0 saturated carbocycles. The number of aliphatic hydroxyl groups excluding tert-OH is 1. The summed E-state index contributed by atoms with van der Waals surface area (Å²) in [5, 5.41) is 12.9. The van der Waals surface area contributed by atoms with Crippen LogP contribution in [0.25, 0.3) is 0 Å². The van der Waals surface area contributed by atoms with E-state index in [2.05, 4.69) is 26.1 Å². The molecule has 0 aliphatic carbocycles. The number of Topliss-reactive ketones (excluding diaryl/α,β-unsaturated/α-hetero) is 2. The van der Waals surface area contributed by atoms with E-state index in [0.29, 0.717) is 6.42 Å². The molecule has 0 aromatic heterocycles. The predicted molar refractivity (Wildman–Crippen MR) is 97.1 cm³/mol. The summed E-state index contributed by atoms with van der Waals surface area (Å²) in [5.41, 5.74) is -0.558. The van der Waals surface area contributed by atoms with Crippen LogP contribution in [0.15, 0.2) is 0 Å². The van der Waals surface area contributed by atoms with E-state index in [9.17, 15) is 19.5 Å². The van der Waals surface area contributed by atoms with E-state index in [1.807, 2.05) is 20.8 Å². The molecule has 3 atom stereocenters. The normalized spacial score (nSPS) is 22.8. The van der Waals surface area contributed by atoms with Gasteiger partial charge in [-0.25, -0.2) is 0 Å². The fourth-order valence-corrected chi connectivity index (χ4v) is 3.20. The van der Waals surface area contributed by atoms with Gasteiger partial charge in [0.1, 0.15) is 0 Å². The van der Waals surface area contributed by atoms with Gasteiger partial charge in [-0.1, -0.05) is 41.5 Å². The minimum absolute atomic E-state index is 0.0176. The highest BCUT2D eigenvalue weighted by Gasteiger charge is 2.38. The standard InChI is InChI=1S/C19H34N2O4/c1-12(22)21-11-13(23)8-15(21)16(24)10-20-14(9-18(2,3)4)17(25)19(5,6)7/h13-15,20,23H,8-11H2,1-7H3/t13-,14?,15+/m1/s1. The van der Waals surface area contributed by atoms with Crippen LogP contribution in [0, 0.1) is 10.8 Å². The Kier molecular flexibility index (Phi) is 6.93. The topological polar surface area (TPSA) is 86.7 Å². The van der Waals surface area contributed by atoms with Crippen LogP contribution in [-0.2, 0) is 14.4 Å².